The molecule has 1 aliphatic carbocycles. The van der Waals surface area contributed by atoms with Crippen LogP contribution in [-0.2, 0) is 7.05 Å². The fourth-order valence-electron chi connectivity index (χ4n) is 3.00. The van der Waals surface area contributed by atoms with Crippen LogP contribution < -0.4 is 15.6 Å². The minimum absolute atomic E-state index is 0.148. The van der Waals surface area contributed by atoms with Crippen LogP contribution in [0.2, 0.25) is 0 Å². The van der Waals surface area contributed by atoms with Gasteiger partial charge >= 0.3 is 0 Å². The van der Waals surface area contributed by atoms with Crippen molar-refractivity contribution < 1.29 is 14.6 Å². The third kappa shape index (κ3) is 4.71. The number of rotatable bonds is 8. The lowest BCUT2D eigenvalue weighted by Gasteiger charge is -2.21. The van der Waals surface area contributed by atoms with Crippen LogP contribution in [0, 0.1) is 12.7 Å². The number of aliphatic hydroxyl groups excluding tert-OH is 2. The van der Waals surface area contributed by atoms with Gasteiger partial charge in [0.2, 0.25) is 0 Å². The maximum absolute atomic E-state index is 14.3. The molecule has 1 saturated carbocycles. The summed E-state index contributed by atoms with van der Waals surface area (Å²) in [5, 5.41) is 21.9. The van der Waals surface area contributed by atoms with Gasteiger partial charge in [0.05, 0.1) is 29.8 Å². The Morgan fingerprint density at radius 3 is 2.71 bits per heavy atom. The molecule has 1 unspecified atom stereocenters. The van der Waals surface area contributed by atoms with E-state index in [1.807, 2.05) is 0 Å². The largest absolute Gasteiger partial charge is 0.394 e. The highest BCUT2D eigenvalue weighted by atomic mass is 79.9. The summed E-state index contributed by atoms with van der Waals surface area (Å²) in [5.74, 6) is -0.433. The van der Waals surface area contributed by atoms with Crippen molar-refractivity contribution in [3.63, 3.8) is 0 Å². The number of anilines is 3. The second-order valence-electron chi connectivity index (χ2n) is 7.14. The molecule has 6 nitrogen and oxygen atoms in total. The molecule has 9 heteroatoms. The Balaban J connectivity index is 1.87. The lowest BCUT2D eigenvalue weighted by molar-refractivity contribution is 0.0865. The van der Waals surface area contributed by atoms with Crippen LogP contribution in [0.5, 0.6) is 0 Å². The van der Waals surface area contributed by atoms with Gasteiger partial charge < -0.3 is 24.8 Å². The first kappa shape index (κ1) is 21.2. The standard InChI is InChI=1S/C19H23BrFN3O3S/c1-11-17(22-15-4-3-12(20)7-14(15)21)16(9-24(2)18(11)27)23-28-19(5-6-19)8-13(26)10-25/h3-4,7,9,13,22-23,25-26H,5-6,8,10H2,1-2H3. The van der Waals surface area contributed by atoms with Crippen LogP contribution >= 0.6 is 27.9 Å². The van der Waals surface area contributed by atoms with Gasteiger partial charge in [-0.25, -0.2) is 4.39 Å². The topological polar surface area (TPSA) is 86.5 Å². The van der Waals surface area contributed by atoms with E-state index in [0.717, 1.165) is 12.8 Å². The summed E-state index contributed by atoms with van der Waals surface area (Å²) in [7, 11) is 1.66. The summed E-state index contributed by atoms with van der Waals surface area (Å²) < 4.78 is 19.5. The summed E-state index contributed by atoms with van der Waals surface area (Å²) in [6.45, 7) is 1.43. The Bertz CT molecular complexity index is 933. The second-order valence-corrected chi connectivity index (χ2v) is 9.33. The van der Waals surface area contributed by atoms with Crippen molar-refractivity contribution >= 4 is 44.9 Å². The molecule has 1 fully saturated rings. The number of hydrogen-bond acceptors (Lipinski definition) is 6. The van der Waals surface area contributed by atoms with Gasteiger partial charge in [0.1, 0.15) is 5.82 Å². The average Bonchev–Trinajstić information content (AvgIpc) is 3.42. The zero-order valence-corrected chi connectivity index (χ0v) is 18.0. The predicted octanol–water partition coefficient (Wildman–Crippen LogP) is 3.67. The highest BCUT2D eigenvalue weighted by Crippen LogP contribution is 2.52. The second kappa shape index (κ2) is 8.44. The SMILES string of the molecule is Cc1c(Nc2ccc(Br)cc2F)c(NSC2(CC(O)CO)CC2)cn(C)c1=O. The molecule has 0 radical (unpaired) electrons. The molecule has 4 N–H and O–H groups in total. The molecular formula is C19H23BrFN3O3S. The quantitative estimate of drug-likeness (QED) is 0.439. The van der Waals surface area contributed by atoms with Crippen molar-refractivity contribution in [3.05, 3.63) is 50.6 Å². The maximum Gasteiger partial charge on any atom is 0.255 e. The molecule has 0 amide bonds. The van der Waals surface area contributed by atoms with Gasteiger partial charge in [-0.3, -0.25) is 4.79 Å². The Morgan fingerprint density at radius 2 is 2.11 bits per heavy atom. The Hall–Kier alpha value is -1.55. The van der Waals surface area contributed by atoms with Crippen molar-refractivity contribution in [1.82, 2.24) is 4.57 Å². The number of benzene rings is 1. The lowest BCUT2D eigenvalue weighted by Crippen LogP contribution is -2.23. The normalized spacial score (nSPS) is 15.9. The predicted molar refractivity (Wildman–Crippen MR) is 115 cm³/mol. The fourth-order valence-corrected chi connectivity index (χ4v) is 4.40. The van der Waals surface area contributed by atoms with Crippen molar-refractivity contribution in [1.29, 1.82) is 0 Å². The van der Waals surface area contributed by atoms with Gasteiger partial charge in [-0.05, 0) is 56.3 Å². The molecular weight excluding hydrogens is 449 g/mol. The van der Waals surface area contributed by atoms with E-state index in [2.05, 4.69) is 26.0 Å². The molecule has 0 saturated heterocycles. The molecule has 0 bridgehead atoms. The summed E-state index contributed by atoms with van der Waals surface area (Å²) >= 11 is 4.70. The monoisotopic (exact) mass is 471 g/mol. The van der Waals surface area contributed by atoms with Crippen molar-refractivity contribution in [2.24, 2.45) is 7.05 Å². The highest BCUT2D eigenvalue weighted by Gasteiger charge is 2.45. The Labute approximate surface area is 175 Å². The minimum Gasteiger partial charge on any atom is -0.394 e. The van der Waals surface area contributed by atoms with Gasteiger partial charge in [0, 0.05) is 28.0 Å². The number of aliphatic hydroxyl groups is 2. The third-order valence-electron chi connectivity index (χ3n) is 4.80. The van der Waals surface area contributed by atoms with Crippen LogP contribution in [0.1, 0.15) is 24.8 Å². The summed E-state index contributed by atoms with van der Waals surface area (Å²) in [6.07, 6.45) is 3.25. The van der Waals surface area contributed by atoms with Crippen molar-refractivity contribution in [2.45, 2.75) is 37.0 Å². The molecule has 1 aromatic heterocycles. The molecule has 1 aliphatic rings. The van der Waals surface area contributed by atoms with Gasteiger partial charge in [0.25, 0.3) is 5.56 Å². The molecule has 0 spiro atoms. The van der Waals surface area contributed by atoms with Crippen molar-refractivity contribution in [3.8, 4) is 0 Å². The summed E-state index contributed by atoms with van der Waals surface area (Å²) in [6, 6.07) is 4.68. The zero-order chi connectivity index (χ0) is 20.5. The molecule has 3 rings (SSSR count). The number of nitrogens with zero attached hydrogens (tertiary/aromatic N) is 1. The Morgan fingerprint density at radius 1 is 1.39 bits per heavy atom. The van der Waals surface area contributed by atoms with Crippen LogP contribution in [0.15, 0.2) is 33.7 Å². The molecule has 1 heterocycles. The molecule has 0 aliphatic heterocycles. The lowest BCUT2D eigenvalue weighted by atomic mass is 10.2. The van der Waals surface area contributed by atoms with Gasteiger partial charge in [0.15, 0.2) is 0 Å². The molecule has 28 heavy (non-hydrogen) atoms. The fraction of sp³-hybridized carbons (Fsp3) is 0.421. The van der Waals surface area contributed by atoms with Gasteiger partial charge in [-0.15, -0.1) is 0 Å². The van der Waals surface area contributed by atoms with E-state index in [1.165, 1.54) is 22.6 Å². The van der Waals surface area contributed by atoms with E-state index < -0.39 is 11.9 Å². The maximum atomic E-state index is 14.3. The third-order valence-corrected chi connectivity index (χ3v) is 6.63. The number of aryl methyl sites for hydroxylation is 1. The number of nitrogens with one attached hydrogen (secondary N) is 2. The number of pyridine rings is 1. The number of aromatic nitrogens is 1. The van der Waals surface area contributed by atoms with E-state index in [-0.39, 0.29) is 22.6 Å². The summed E-state index contributed by atoms with van der Waals surface area (Å²) in [5.41, 5.74) is 1.72. The first-order valence-electron chi connectivity index (χ1n) is 8.90. The smallest absolute Gasteiger partial charge is 0.255 e. The van der Waals surface area contributed by atoms with Gasteiger partial charge in [-0.2, -0.15) is 0 Å². The molecule has 1 aromatic carbocycles. The Kier molecular flexibility index (Phi) is 6.38. The van der Waals surface area contributed by atoms with E-state index in [0.29, 0.717) is 27.8 Å². The molecule has 2 aromatic rings. The van der Waals surface area contributed by atoms with Crippen LogP contribution in [0.3, 0.4) is 0 Å². The zero-order valence-electron chi connectivity index (χ0n) is 15.6. The van der Waals surface area contributed by atoms with E-state index >= 15 is 0 Å². The van der Waals surface area contributed by atoms with Crippen LogP contribution in [0.4, 0.5) is 21.5 Å². The number of halogens is 2. The summed E-state index contributed by atoms with van der Waals surface area (Å²) in [4.78, 5) is 12.4. The van der Waals surface area contributed by atoms with Crippen molar-refractivity contribution in [2.75, 3.05) is 16.6 Å². The molecule has 152 valence electrons. The van der Waals surface area contributed by atoms with Crippen LogP contribution in [-0.4, -0.2) is 32.2 Å². The average molecular weight is 472 g/mol. The molecule has 1 atom stereocenters. The minimum atomic E-state index is -0.756. The van der Waals surface area contributed by atoms with E-state index in [1.54, 1.807) is 32.3 Å². The first-order chi connectivity index (χ1) is 13.2. The first-order valence-corrected chi connectivity index (χ1v) is 10.5. The van der Waals surface area contributed by atoms with Gasteiger partial charge in [-0.1, -0.05) is 15.9 Å². The van der Waals surface area contributed by atoms with E-state index in [4.69, 9.17) is 5.11 Å². The van der Waals surface area contributed by atoms with Crippen LogP contribution in [0.25, 0.3) is 0 Å². The highest BCUT2D eigenvalue weighted by molar-refractivity contribution is 9.10. The van der Waals surface area contributed by atoms with E-state index in [9.17, 15) is 14.3 Å². The number of hydrogen-bond donors (Lipinski definition) is 4.